The maximum absolute atomic E-state index is 11.6. The Morgan fingerprint density at radius 2 is 2.06 bits per heavy atom. The van der Waals surface area contributed by atoms with Crippen LogP contribution in [0.4, 0.5) is 5.69 Å². The highest BCUT2D eigenvalue weighted by Crippen LogP contribution is 2.20. The van der Waals surface area contributed by atoms with Crippen LogP contribution in [0.5, 0.6) is 0 Å². The molecule has 0 spiro atoms. The summed E-state index contributed by atoms with van der Waals surface area (Å²) in [5.41, 5.74) is 1.56. The molecule has 0 aliphatic heterocycles. The third kappa shape index (κ3) is 4.31. The Kier molecular flexibility index (Phi) is 5.16. The molecule has 1 aromatic carbocycles. The van der Waals surface area contributed by atoms with Gasteiger partial charge in [-0.25, -0.2) is 8.42 Å². The molecule has 102 valence electrons. The molecule has 18 heavy (non-hydrogen) atoms. The molecule has 0 saturated heterocycles. The fraction of sp³-hybridized carbons (Fsp3) is 0.538. The Labute approximate surface area is 109 Å². The summed E-state index contributed by atoms with van der Waals surface area (Å²) in [6.07, 6.45) is 1.22. The number of hydrogen-bond acceptors (Lipinski definition) is 4. The summed E-state index contributed by atoms with van der Waals surface area (Å²) in [5, 5.41) is 3.23. The molecule has 0 aliphatic rings. The molecular formula is C13H21NO3S. The van der Waals surface area contributed by atoms with Crippen molar-refractivity contribution in [3.05, 3.63) is 23.8 Å². The van der Waals surface area contributed by atoms with Crippen LogP contribution in [-0.4, -0.2) is 33.9 Å². The van der Waals surface area contributed by atoms with Gasteiger partial charge in [0.15, 0.2) is 9.84 Å². The molecule has 1 atom stereocenters. The van der Waals surface area contributed by atoms with E-state index >= 15 is 0 Å². The fourth-order valence-corrected chi connectivity index (χ4v) is 2.70. The van der Waals surface area contributed by atoms with Crippen LogP contribution in [0.2, 0.25) is 0 Å². The standard InChI is InChI=1S/C13H21NO3S/c1-5-17-9-11(3)14-12-7-6-10(2)13(8-12)18(4,15)16/h6-8,11,14H,5,9H2,1-4H3/t11-/m0/s1. The van der Waals surface area contributed by atoms with Gasteiger partial charge in [0, 0.05) is 24.6 Å². The van der Waals surface area contributed by atoms with Gasteiger partial charge in [0.1, 0.15) is 0 Å². The van der Waals surface area contributed by atoms with Crippen LogP contribution < -0.4 is 5.32 Å². The van der Waals surface area contributed by atoms with E-state index in [-0.39, 0.29) is 6.04 Å². The third-order valence-corrected chi connectivity index (χ3v) is 3.81. The number of sulfone groups is 1. The number of rotatable bonds is 6. The predicted octanol–water partition coefficient (Wildman–Crippen LogP) is 2.24. The van der Waals surface area contributed by atoms with Crippen LogP contribution in [0, 0.1) is 6.92 Å². The van der Waals surface area contributed by atoms with Crippen LogP contribution >= 0.6 is 0 Å². The number of benzene rings is 1. The molecule has 0 aromatic heterocycles. The Balaban J connectivity index is 2.86. The van der Waals surface area contributed by atoms with Crippen molar-refractivity contribution in [1.29, 1.82) is 0 Å². The van der Waals surface area contributed by atoms with Gasteiger partial charge in [-0.1, -0.05) is 6.07 Å². The highest BCUT2D eigenvalue weighted by molar-refractivity contribution is 7.90. The van der Waals surface area contributed by atoms with Crippen molar-refractivity contribution in [2.75, 3.05) is 24.8 Å². The molecule has 0 aliphatic carbocycles. The Morgan fingerprint density at radius 1 is 1.39 bits per heavy atom. The lowest BCUT2D eigenvalue weighted by Crippen LogP contribution is -2.21. The van der Waals surface area contributed by atoms with Crippen LogP contribution in [0.1, 0.15) is 19.4 Å². The maximum atomic E-state index is 11.6. The predicted molar refractivity (Wildman–Crippen MR) is 73.9 cm³/mol. The summed E-state index contributed by atoms with van der Waals surface area (Å²) in [4.78, 5) is 0.371. The topological polar surface area (TPSA) is 55.4 Å². The Morgan fingerprint density at radius 3 is 2.61 bits per heavy atom. The highest BCUT2D eigenvalue weighted by atomic mass is 32.2. The summed E-state index contributed by atoms with van der Waals surface area (Å²) < 4.78 is 28.5. The van der Waals surface area contributed by atoms with Gasteiger partial charge in [0.05, 0.1) is 11.5 Å². The number of ether oxygens (including phenoxy) is 1. The van der Waals surface area contributed by atoms with Gasteiger partial charge in [-0.15, -0.1) is 0 Å². The van der Waals surface area contributed by atoms with E-state index in [0.29, 0.717) is 18.1 Å². The second-order valence-electron chi connectivity index (χ2n) is 4.46. The molecule has 5 heteroatoms. The summed E-state index contributed by atoms with van der Waals surface area (Å²) in [6.45, 7) is 7.01. The number of anilines is 1. The first-order valence-electron chi connectivity index (χ1n) is 5.99. The largest absolute Gasteiger partial charge is 0.380 e. The zero-order valence-corrected chi connectivity index (χ0v) is 12.2. The van der Waals surface area contributed by atoms with Crippen LogP contribution in [-0.2, 0) is 14.6 Å². The lowest BCUT2D eigenvalue weighted by atomic mass is 10.2. The molecule has 0 unspecified atom stereocenters. The minimum Gasteiger partial charge on any atom is -0.380 e. The second kappa shape index (κ2) is 6.20. The summed E-state index contributed by atoms with van der Waals surface area (Å²) in [7, 11) is -3.18. The molecule has 0 heterocycles. The third-order valence-electron chi connectivity index (χ3n) is 2.57. The van der Waals surface area contributed by atoms with Crippen molar-refractivity contribution < 1.29 is 13.2 Å². The van der Waals surface area contributed by atoms with E-state index < -0.39 is 9.84 Å². The fourth-order valence-electron chi connectivity index (χ4n) is 1.71. The van der Waals surface area contributed by atoms with Gasteiger partial charge in [-0.05, 0) is 38.5 Å². The van der Waals surface area contributed by atoms with Crippen LogP contribution in [0.3, 0.4) is 0 Å². The minimum atomic E-state index is -3.18. The first-order chi connectivity index (χ1) is 8.34. The van der Waals surface area contributed by atoms with Crippen LogP contribution in [0.25, 0.3) is 0 Å². The van der Waals surface area contributed by atoms with E-state index in [1.54, 1.807) is 13.0 Å². The van der Waals surface area contributed by atoms with Crippen molar-refractivity contribution in [2.45, 2.75) is 31.7 Å². The zero-order valence-electron chi connectivity index (χ0n) is 11.4. The van der Waals surface area contributed by atoms with Crippen molar-refractivity contribution in [1.82, 2.24) is 0 Å². The summed E-state index contributed by atoms with van der Waals surface area (Å²) >= 11 is 0. The van der Waals surface area contributed by atoms with Gasteiger partial charge in [0.2, 0.25) is 0 Å². The molecule has 4 nitrogen and oxygen atoms in total. The monoisotopic (exact) mass is 271 g/mol. The SMILES string of the molecule is CCOC[C@H](C)Nc1ccc(C)c(S(C)(=O)=O)c1. The second-order valence-corrected chi connectivity index (χ2v) is 6.44. The Hall–Kier alpha value is -1.07. The number of aryl methyl sites for hydroxylation is 1. The number of hydrogen-bond donors (Lipinski definition) is 1. The summed E-state index contributed by atoms with van der Waals surface area (Å²) in [6, 6.07) is 5.51. The average molecular weight is 271 g/mol. The lowest BCUT2D eigenvalue weighted by molar-refractivity contribution is 0.141. The first-order valence-corrected chi connectivity index (χ1v) is 7.88. The van der Waals surface area contributed by atoms with E-state index in [2.05, 4.69) is 5.32 Å². The number of nitrogens with one attached hydrogen (secondary N) is 1. The molecule has 0 radical (unpaired) electrons. The Bertz CT molecular complexity index is 497. The zero-order chi connectivity index (χ0) is 13.8. The van der Waals surface area contributed by atoms with Crippen molar-refractivity contribution >= 4 is 15.5 Å². The van der Waals surface area contributed by atoms with E-state index in [1.165, 1.54) is 6.26 Å². The van der Waals surface area contributed by atoms with E-state index in [9.17, 15) is 8.42 Å². The summed E-state index contributed by atoms with van der Waals surface area (Å²) in [5.74, 6) is 0. The maximum Gasteiger partial charge on any atom is 0.175 e. The van der Waals surface area contributed by atoms with E-state index in [4.69, 9.17) is 4.74 Å². The lowest BCUT2D eigenvalue weighted by Gasteiger charge is -2.16. The minimum absolute atomic E-state index is 0.139. The quantitative estimate of drug-likeness (QED) is 0.862. The normalized spacial score (nSPS) is 13.3. The van der Waals surface area contributed by atoms with Crippen LogP contribution in [0.15, 0.2) is 23.1 Å². The molecule has 0 bridgehead atoms. The van der Waals surface area contributed by atoms with E-state index in [0.717, 1.165) is 11.3 Å². The highest BCUT2D eigenvalue weighted by Gasteiger charge is 2.12. The van der Waals surface area contributed by atoms with E-state index in [1.807, 2.05) is 26.0 Å². The van der Waals surface area contributed by atoms with Gasteiger partial charge < -0.3 is 10.1 Å². The molecule has 1 aromatic rings. The van der Waals surface area contributed by atoms with Crippen molar-refractivity contribution in [3.63, 3.8) is 0 Å². The smallest absolute Gasteiger partial charge is 0.175 e. The molecule has 0 fully saturated rings. The van der Waals surface area contributed by atoms with Gasteiger partial charge in [-0.2, -0.15) is 0 Å². The van der Waals surface area contributed by atoms with Gasteiger partial charge >= 0.3 is 0 Å². The van der Waals surface area contributed by atoms with Crippen molar-refractivity contribution in [2.24, 2.45) is 0 Å². The molecule has 1 N–H and O–H groups in total. The average Bonchev–Trinajstić information content (AvgIpc) is 2.27. The molecule has 0 amide bonds. The molecule has 1 rings (SSSR count). The van der Waals surface area contributed by atoms with Crippen molar-refractivity contribution in [3.8, 4) is 0 Å². The first kappa shape index (κ1) is 15.0. The molecule has 0 saturated carbocycles. The van der Waals surface area contributed by atoms with Gasteiger partial charge in [0.25, 0.3) is 0 Å². The molecular weight excluding hydrogens is 250 g/mol. The van der Waals surface area contributed by atoms with Gasteiger partial charge in [-0.3, -0.25) is 0 Å².